The van der Waals surface area contributed by atoms with Crippen molar-refractivity contribution in [2.75, 3.05) is 5.32 Å². The first-order valence-corrected chi connectivity index (χ1v) is 7.70. The van der Waals surface area contributed by atoms with Crippen LogP contribution in [-0.2, 0) is 17.6 Å². The van der Waals surface area contributed by atoms with E-state index in [0.29, 0.717) is 29.3 Å². The average molecular weight is 342 g/mol. The number of hydrogen-bond donors (Lipinski definition) is 2. The molecule has 1 amide bonds. The summed E-state index contributed by atoms with van der Waals surface area (Å²) in [6, 6.07) is 10.2. The summed E-state index contributed by atoms with van der Waals surface area (Å²) in [5.74, 6) is 0.00783. The quantitative estimate of drug-likeness (QED) is 0.748. The summed E-state index contributed by atoms with van der Waals surface area (Å²) < 4.78 is 26.0. The van der Waals surface area contributed by atoms with Crippen LogP contribution in [0, 0.1) is 18.6 Å². The highest BCUT2D eigenvalue weighted by molar-refractivity contribution is 5.92. The maximum Gasteiger partial charge on any atom is 0.232 e. The van der Waals surface area contributed by atoms with E-state index in [-0.39, 0.29) is 24.0 Å². The van der Waals surface area contributed by atoms with E-state index in [2.05, 4.69) is 20.5 Å². The molecule has 0 fully saturated rings. The Hall–Kier alpha value is -3.09. The van der Waals surface area contributed by atoms with Crippen molar-refractivity contribution in [3.63, 3.8) is 0 Å². The van der Waals surface area contributed by atoms with E-state index < -0.39 is 0 Å². The molecule has 0 spiro atoms. The van der Waals surface area contributed by atoms with E-state index in [1.807, 2.05) is 0 Å². The van der Waals surface area contributed by atoms with Crippen molar-refractivity contribution in [2.24, 2.45) is 0 Å². The molecule has 5 nitrogen and oxygen atoms in total. The third-order valence-electron chi connectivity index (χ3n) is 3.64. The number of benzene rings is 2. The number of rotatable bonds is 5. The molecule has 0 aliphatic carbocycles. The van der Waals surface area contributed by atoms with Crippen LogP contribution in [0.1, 0.15) is 22.8 Å². The van der Waals surface area contributed by atoms with Crippen LogP contribution in [0.3, 0.4) is 0 Å². The second kappa shape index (κ2) is 7.21. The van der Waals surface area contributed by atoms with Gasteiger partial charge in [-0.15, -0.1) is 0 Å². The number of halogens is 2. The minimum Gasteiger partial charge on any atom is -0.325 e. The number of aromatic amines is 1. The van der Waals surface area contributed by atoms with Crippen molar-refractivity contribution >= 4 is 11.6 Å². The molecule has 2 N–H and O–H groups in total. The molecule has 2 aromatic carbocycles. The van der Waals surface area contributed by atoms with Gasteiger partial charge in [-0.05, 0) is 48.4 Å². The van der Waals surface area contributed by atoms with Crippen LogP contribution < -0.4 is 5.32 Å². The van der Waals surface area contributed by atoms with Crippen molar-refractivity contribution in [2.45, 2.75) is 19.8 Å². The van der Waals surface area contributed by atoms with E-state index in [4.69, 9.17) is 0 Å². The summed E-state index contributed by atoms with van der Waals surface area (Å²) in [4.78, 5) is 16.3. The summed E-state index contributed by atoms with van der Waals surface area (Å²) >= 11 is 0. The van der Waals surface area contributed by atoms with Gasteiger partial charge in [0.2, 0.25) is 5.91 Å². The van der Waals surface area contributed by atoms with Gasteiger partial charge in [0.15, 0.2) is 5.82 Å². The number of nitrogens with zero attached hydrogens (tertiary/aromatic N) is 2. The third-order valence-corrected chi connectivity index (χ3v) is 3.64. The predicted molar refractivity (Wildman–Crippen MR) is 89.1 cm³/mol. The zero-order valence-corrected chi connectivity index (χ0v) is 13.5. The van der Waals surface area contributed by atoms with Crippen LogP contribution in [0.5, 0.6) is 0 Å². The Morgan fingerprint density at radius 1 is 1.12 bits per heavy atom. The molecular formula is C18H16F2N4O. The zero-order valence-electron chi connectivity index (χ0n) is 13.5. The molecule has 0 radical (unpaired) electrons. The lowest BCUT2D eigenvalue weighted by atomic mass is 10.1. The lowest BCUT2D eigenvalue weighted by molar-refractivity contribution is -0.115. The fourth-order valence-electron chi connectivity index (χ4n) is 2.39. The molecule has 0 atom stereocenters. The normalized spacial score (nSPS) is 10.7. The van der Waals surface area contributed by atoms with Crippen LogP contribution in [-0.4, -0.2) is 21.1 Å². The Morgan fingerprint density at radius 3 is 2.56 bits per heavy atom. The molecule has 3 rings (SSSR count). The van der Waals surface area contributed by atoms with E-state index in [9.17, 15) is 13.6 Å². The molecule has 1 heterocycles. The molecule has 128 valence electrons. The lowest BCUT2D eigenvalue weighted by Gasteiger charge is -2.07. The van der Waals surface area contributed by atoms with Gasteiger partial charge in [0, 0.05) is 12.1 Å². The van der Waals surface area contributed by atoms with Gasteiger partial charge in [-0.1, -0.05) is 12.1 Å². The summed E-state index contributed by atoms with van der Waals surface area (Å²) in [5.41, 5.74) is 2.07. The molecule has 3 aromatic rings. The molecule has 7 heteroatoms. The fraction of sp³-hybridized carbons (Fsp3) is 0.167. The van der Waals surface area contributed by atoms with Gasteiger partial charge in [0.05, 0.1) is 6.42 Å². The molecule has 0 aliphatic rings. The zero-order chi connectivity index (χ0) is 17.8. The maximum atomic E-state index is 13.1. The Labute approximate surface area is 143 Å². The SMILES string of the molecule is Cc1cc(F)ccc1NC(=O)Cc1n[nH]c(Cc2ccc(F)cc2)n1. The Bertz CT molecular complexity index is 890. The van der Waals surface area contributed by atoms with Gasteiger partial charge >= 0.3 is 0 Å². The van der Waals surface area contributed by atoms with Crippen LogP contribution >= 0.6 is 0 Å². The topological polar surface area (TPSA) is 70.7 Å². The molecule has 0 bridgehead atoms. The number of H-pyrrole nitrogens is 1. The standard InChI is InChI=1S/C18H16F2N4O/c1-11-8-14(20)6-7-15(11)21-18(25)10-17-22-16(23-24-17)9-12-2-4-13(19)5-3-12/h2-8H,9-10H2,1H3,(H,21,25)(H,22,23,24). The number of amides is 1. The summed E-state index contributed by atoms with van der Waals surface area (Å²) in [6.45, 7) is 1.71. The van der Waals surface area contributed by atoms with Gasteiger partial charge in [0.25, 0.3) is 0 Å². The van der Waals surface area contributed by atoms with Crippen LogP contribution in [0.2, 0.25) is 0 Å². The first-order chi connectivity index (χ1) is 12.0. The number of anilines is 1. The van der Waals surface area contributed by atoms with Gasteiger partial charge in [0.1, 0.15) is 17.5 Å². The van der Waals surface area contributed by atoms with Gasteiger partial charge in [-0.3, -0.25) is 9.89 Å². The first-order valence-electron chi connectivity index (χ1n) is 7.70. The molecule has 0 aliphatic heterocycles. The van der Waals surface area contributed by atoms with Gasteiger partial charge < -0.3 is 5.32 Å². The summed E-state index contributed by atoms with van der Waals surface area (Å²) in [6.07, 6.45) is 0.461. The fourth-order valence-corrected chi connectivity index (χ4v) is 2.39. The molecule has 0 unspecified atom stereocenters. The van der Waals surface area contributed by atoms with Crippen LogP contribution in [0.4, 0.5) is 14.5 Å². The molecular weight excluding hydrogens is 326 g/mol. The number of aromatic nitrogens is 3. The van der Waals surface area contributed by atoms with Crippen molar-refractivity contribution in [3.8, 4) is 0 Å². The number of nitrogens with one attached hydrogen (secondary N) is 2. The molecule has 0 saturated carbocycles. The Morgan fingerprint density at radius 2 is 1.84 bits per heavy atom. The second-order valence-corrected chi connectivity index (χ2v) is 5.69. The van der Waals surface area contributed by atoms with Gasteiger partial charge in [-0.2, -0.15) is 5.10 Å². The smallest absolute Gasteiger partial charge is 0.232 e. The summed E-state index contributed by atoms with van der Waals surface area (Å²) in [5, 5.41) is 9.50. The molecule has 1 aromatic heterocycles. The van der Waals surface area contributed by atoms with Crippen LogP contribution in [0.25, 0.3) is 0 Å². The van der Waals surface area contributed by atoms with Crippen molar-refractivity contribution in [1.29, 1.82) is 0 Å². The molecule has 0 saturated heterocycles. The minimum atomic E-state index is -0.352. The van der Waals surface area contributed by atoms with Crippen molar-refractivity contribution in [1.82, 2.24) is 15.2 Å². The minimum absolute atomic E-state index is 0.00324. The first kappa shape index (κ1) is 16.8. The predicted octanol–water partition coefficient (Wildman–Crippen LogP) is 3.16. The number of carbonyl (C=O) groups is 1. The number of aryl methyl sites for hydroxylation is 1. The summed E-state index contributed by atoms with van der Waals surface area (Å²) in [7, 11) is 0. The number of carbonyl (C=O) groups excluding carboxylic acids is 1. The Balaban J connectivity index is 1.60. The highest BCUT2D eigenvalue weighted by Crippen LogP contribution is 2.16. The van der Waals surface area contributed by atoms with Crippen LogP contribution in [0.15, 0.2) is 42.5 Å². The number of hydrogen-bond acceptors (Lipinski definition) is 3. The van der Waals surface area contributed by atoms with E-state index in [1.165, 1.54) is 30.3 Å². The maximum absolute atomic E-state index is 13.1. The third kappa shape index (κ3) is 4.47. The highest BCUT2D eigenvalue weighted by Gasteiger charge is 2.11. The largest absolute Gasteiger partial charge is 0.325 e. The lowest BCUT2D eigenvalue weighted by Crippen LogP contribution is -2.16. The van der Waals surface area contributed by atoms with E-state index in [0.717, 1.165) is 5.56 Å². The highest BCUT2D eigenvalue weighted by atomic mass is 19.1. The Kier molecular flexibility index (Phi) is 4.83. The molecule has 25 heavy (non-hydrogen) atoms. The van der Waals surface area contributed by atoms with Crippen molar-refractivity contribution < 1.29 is 13.6 Å². The van der Waals surface area contributed by atoms with E-state index >= 15 is 0 Å². The van der Waals surface area contributed by atoms with E-state index in [1.54, 1.807) is 19.1 Å². The average Bonchev–Trinajstić information content (AvgIpc) is 2.99. The van der Waals surface area contributed by atoms with Crippen molar-refractivity contribution in [3.05, 3.63) is 76.9 Å². The second-order valence-electron chi connectivity index (χ2n) is 5.69. The monoisotopic (exact) mass is 342 g/mol. The van der Waals surface area contributed by atoms with Gasteiger partial charge in [-0.25, -0.2) is 13.8 Å².